The van der Waals surface area contributed by atoms with E-state index in [2.05, 4.69) is 25.7 Å². The molecule has 0 saturated carbocycles. The number of carbonyl (C=O) groups excluding carboxylic acids is 1. The zero-order valence-electron chi connectivity index (χ0n) is 13.1. The number of carbonyl (C=O) groups is 1. The summed E-state index contributed by atoms with van der Waals surface area (Å²) in [6.07, 6.45) is 1.06. The zero-order chi connectivity index (χ0) is 15.5. The second kappa shape index (κ2) is 10.1. The Morgan fingerprint density at radius 3 is 2.52 bits per heavy atom. The summed E-state index contributed by atoms with van der Waals surface area (Å²) < 4.78 is 9.96. The van der Waals surface area contributed by atoms with Gasteiger partial charge in [0.25, 0.3) is 0 Å². The minimum atomic E-state index is -0.0661. The number of hydrogen-bond donors (Lipinski definition) is 0. The molecule has 1 aromatic carbocycles. The van der Waals surface area contributed by atoms with Crippen LogP contribution in [0.4, 0.5) is 0 Å². The van der Waals surface area contributed by atoms with Gasteiger partial charge in [0.1, 0.15) is 19.2 Å². The van der Waals surface area contributed by atoms with E-state index in [9.17, 15) is 4.79 Å². The van der Waals surface area contributed by atoms with Crippen LogP contribution in [0.3, 0.4) is 0 Å². The molecule has 114 valence electrons. The van der Waals surface area contributed by atoms with Gasteiger partial charge in [-0.15, -0.1) is 0 Å². The first-order valence-corrected chi connectivity index (χ1v) is 7.25. The topological polar surface area (TPSA) is 35.5 Å². The number of ketones is 1. The molecule has 1 unspecified atom stereocenters. The summed E-state index contributed by atoms with van der Waals surface area (Å²) in [4.78, 5) is 12.1. The molecule has 0 aliphatic rings. The molecule has 0 N–H and O–H groups in total. The lowest BCUT2D eigenvalue weighted by Crippen LogP contribution is -2.08. The van der Waals surface area contributed by atoms with Crippen LogP contribution >= 0.6 is 0 Å². The lowest BCUT2D eigenvalue weighted by atomic mass is 9.91. The van der Waals surface area contributed by atoms with E-state index in [1.54, 1.807) is 7.11 Å². The molecule has 0 saturated heterocycles. The van der Waals surface area contributed by atoms with E-state index in [4.69, 9.17) is 9.47 Å². The van der Waals surface area contributed by atoms with Crippen LogP contribution < -0.4 is 0 Å². The Morgan fingerprint density at radius 2 is 1.90 bits per heavy atom. The van der Waals surface area contributed by atoms with Crippen LogP contribution in [-0.4, -0.2) is 26.3 Å². The lowest BCUT2D eigenvalue weighted by molar-refractivity contribution is -0.119. The lowest BCUT2D eigenvalue weighted by Gasteiger charge is -2.11. The van der Waals surface area contributed by atoms with E-state index in [0.29, 0.717) is 25.4 Å². The van der Waals surface area contributed by atoms with E-state index in [-0.39, 0.29) is 18.5 Å². The van der Waals surface area contributed by atoms with Gasteiger partial charge in [-0.05, 0) is 11.5 Å². The Kier molecular flexibility index (Phi) is 8.42. The fourth-order valence-corrected chi connectivity index (χ4v) is 2.04. The fraction of sp³-hybridized carbons (Fsp3) is 0.500. The summed E-state index contributed by atoms with van der Waals surface area (Å²) in [5.74, 6) is 6.69. The van der Waals surface area contributed by atoms with E-state index in [0.717, 1.165) is 5.56 Å². The van der Waals surface area contributed by atoms with Crippen molar-refractivity contribution in [2.75, 3.05) is 20.5 Å². The van der Waals surface area contributed by atoms with Gasteiger partial charge in [-0.1, -0.05) is 56.0 Å². The van der Waals surface area contributed by atoms with Gasteiger partial charge < -0.3 is 9.47 Å². The van der Waals surface area contributed by atoms with Crippen LogP contribution in [0.1, 0.15) is 38.2 Å². The first-order chi connectivity index (χ1) is 10.1. The van der Waals surface area contributed by atoms with Crippen molar-refractivity contribution >= 4 is 5.78 Å². The Bertz CT molecular complexity index is 468. The van der Waals surface area contributed by atoms with Crippen molar-refractivity contribution in [1.29, 1.82) is 0 Å². The maximum Gasteiger partial charge on any atom is 0.147 e. The summed E-state index contributed by atoms with van der Waals surface area (Å²) in [6, 6.07) is 9.93. The highest BCUT2D eigenvalue weighted by molar-refractivity contribution is 5.80. The molecule has 3 nitrogen and oxygen atoms in total. The molecule has 0 aliphatic carbocycles. The van der Waals surface area contributed by atoms with Gasteiger partial charge in [0.15, 0.2) is 0 Å². The van der Waals surface area contributed by atoms with Crippen LogP contribution in [0, 0.1) is 17.8 Å². The molecule has 1 aromatic rings. The van der Waals surface area contributed by atoms with Crippen molar-refractivity contribution in [3.63, 3.8) is 0 Å². The monoisotopic (exact) mass is 288 g/mol. The number of benzene rings is 1. The third-order valence-corrected chi connectivity index (χ3v) is 2.92. The zero-order valence-corrected chi connectivity index (χ0v) is 13.1. The van der Waals surface area contributed by atoms with Crippen LogP contribution in [0.15, 0.2) is 30.3 Å². The van der Waals surface area contributed by atoms with Gasteiger partial charge in [-0.25, -0.2) is 0 Å². The van der Waals surface area contributed by atoms with Gasteiger partial charge in [0, 0.05) is 20.0 Å². The molecule has 0 amide bonds. The normalized spacial score (nSPS) is 11.8. The van der Waals surface area contributed by atoms with E-state index in [1.807, 2.05) is 30.3 Å². The average molecular weight is 288 g/mol. The van der Waals surface area contributed by atoms with E-state index in [1.165, 1.54) is 0 Å². The minimum Gasteiger partial charge on any atom is -0.359 e. The molecule has 21 heavy (non-hydrogen) atoms. The van der Waals surface area contributed by atoms with E-state index < -0.39 is 0 Å². The first kappa shape index (κ1) is 17.4. The molecular formula is C18H24O3. The summed E-state index contributed by atoms with van der Waals surface area (Å²) in [5.41, 5.74) is 1.08. The van der Waals surface area contributed by atoms with Crippen molar-refractivity contribution in [2.24, 2.45) is 5.92 Å². The van der Waals surface area contributed by atoms with Crippen molar-refractivity contribution in [1.82, 2.24) is 0 Å². The summed E-state index contributed by atoms with van der Waals surface area (Å²) in [5, 5.41) is 0. The molecule has 0 spiro atoms. The SMILES string of the molecule is COCOCC#CC(CC(=O)CC(C)C)c1ccccc1. The molecule has 0 bridgehead atoms. The van der Waals surface area contributed by atoms with Crippen LogP contribution in [0.25, 0.3) is 0 Å². The van der Waals surface area contributed by atoms with Gasteiger partial charge in [0.05, 0.1) is 5.92 Å². The molecule has 0 aromatic heterocycles. The predicted molar refractivity (Wildman–Crippen MR) is 83.9 cm³/mol. The quantitative estimate of drug-likeness (QED) is 0.418. The highest BCUT2D eigenvalue weighted by atomic mass is 16.7. The third-order valence-electron chi connectivity index (χ3n) is 2.92. The standard InChI is InChI=1S/C18H24O3/c1-15(2)12-18(19)13-17(10-7-11-21-14-20-3)16-8-5-4-6-9-16/h4-6,8-9,15,17H,11-14H2,1-3H3. The molecule has 1 rings (SSSR count). The second-order valence-electron chi connectivity index (χ2n) is 5.38. The van der Waals surface area contributed by atoms with Gasteiger partial charge in [0.2, 0.25) is 0 Å². The van der Waals surface area contributed by atoms with Crippen LogP contribution in [0.5, 0.6) is 0 Å². The van der Waals surface area contributed by atoms with Gasteiger partial charge >= 0.3 is 0 Å². The molecule has 0 radical (unpaired) electrons. The molecule has 3 heteroatoms. The Hall–Kier alpha value is -1.63. The Morgan fingerprint density at radius 1 is 1.19 bits per heavy atom. The van der Waals surface area contributed by atoms with E-state index >= 15 is 0 Å². The van der Waals surface area contributed by atoms with Crippen LogP contribution in [-0.2, 0) is 14.3 Å². The largest absolute Gasteiger partial charge is 0.359 e. The molecule has 0 heterocycles. The maximum absolute atomic E-state index is 12.1. The smallest absolute Gasteiger partial charge is 0.147 e. The van der Waals surface area contributed by atoms with Crippen molar-refractivity contribution in [2.45, 2.75) is 32.6 Å². The summed E-state index contributed by atoms with van der Waals surface area (Å²) >= 11 is 0. The fourth-order valence-electron chi connectivity index (χ4n) is 2.04. The van der Waals surface area contributed by atoms with Crippen molar-refractivity contribution in [3.05, 3.63) is 35.9 Å². The molecule has 0 fully saturated rings. The maximum atomic E-state index is 12.1. The summed E-state index contributed by atoms with van der Waals surface area (Å²) in [6.45, 7) is 4.66. The van der Waals surface area contributed by atoms with Crippen molar-refractivity contribution in [3.8, 4) is 11.8 Å². The second-order valence-corrected chi connectivity index (χ2v) is 5.38. The predicted octanol–water partition coefficient (Wildman–Crippen LogP) is 3.40. The Balaban J connectivity index is 2.69. The van der Waals surface area contributed by atoms with Crippen molar-refractivity contribution < 1.29 is 14.3 Å². The Labute approximate surface area is 127 Å². The molecular weight excluding hydrogens is 264 g/mol. The van der Waals surface area contributed by atoms with Gasteiger partial charge in [-0.2, -0.15) is 0 Å². The molecule has 1 atom stereocenters. The number of ether oxygens (including phenoxy) is 2. The minimum absolute atomic E-state index is 0.0661. The number of methoxy groups -OCH3 is 1. The highest BCUT2D eigenvalue weighted by Gasteiger charge is 2.14. The number of rotatable bonds is 8. The summed E-state index contributed by atoms with van der Waals surface area (Å²) in [7, 11) is 1.57. The van der Waals surface area contributed by atoms with Crippen LogP contribution in [0.2, 0.25) is 0 Å². The van der Waals surface area contributed by atoms with Gasteiger partial charge in [-0.3, -0.25) is 4.79 Å². The highest BCUT2D eigenvalue weighted by Crippen LogP contribution is 2.20. The number of hydrogen-bond acceptors (Lipinski definition) is 3. The molecule has 0 aliphatic heterocycles. The average Bonchev–Trinajstić information content (AvgIpc) is 2.46. The third kappa shape index (κ3) is 7.65. The first-order valence-electron chi connectivity index (χ1n) is 7.25. The number of Topliss-reactive ketones (excluding diaryl/α,β-unsaturated/α-hetero) is 1.